The maximum Gasteiger partial charge on any atom is 0.292 e. The summed E-state index contributed by atoms with van der Waals surface area (Å²) in [6.07, 6.45) is 3.29. The van der Waals surface area contributed by atoms with E-state index in [1.54, 1.807) is 19.1 Å². The molecule has 0 aliphatic heterocycles. The van der Waals surface area contributed by atoms with Gasteiger partial charge in [-0.3, -0.25) is 10.1 Å². The van der Waals surface area contributed by atoms with Crippen LogP contribution in [0, 0.1) is 10.1 Å². The smallest absolute Gasteiger partial charge is 0.292 e. The van der Waals surface area contributed by atoms with Crippen molar-refractivity contribution in [1.82, 2.24) is 0 Å². The first kappa shape index (κ1) is 18.1. The summed E-state index contributed by atoms with van der Waals surface area (Å²) >= 11 is 6.24. The Bertz CT molecular complexity index is 759. The zero-order valence-corrected chi connectivity index (χ0v) is 14.8. The molecule has 0 saturated carbocycles. The van der Waals surface area contributed by atoms with Crippen LogP contribution in [0.15, 0.2) is 52.0 Å². The Balaban J connectivity index is 2.42. The summed E-state index contributed by atoms with van der Waals surface area (Å²) in [7, 11) is 0. The molecule has 1 N–H and O–H groups in total. The third kappa shape index (κ3) is 4.00. The number of para-hydroxylation sites is 1. The van der Waals surface area contributed by atoms with E-state index < -0.39 is 9.80 Å². The average molecular weight is 350 g/mol. The zero-order valence-electron chi connectivity index (χ0n) is 14.1. The van der Waals surface area contributed by atoms with Gasteiger partial charge in [0, 0.05) is 5.56 Å². The van der Waals surface area contributed by atoms with Gasteiger partial charge in [-0.05, 0) is 37.0 Å². The van der Waals surface area contributed by atoms with Crippen LogP contribution < -0.4 is 0 Å². The molecular formula is C17H20ClN3O3. The zero-order chi connectivity index (χ0) is 18.1. The number of nitro groups is 1. The number of rotatable bonds is 3. The van der Waals surface area contributed by atoms with Gasteiger partial charge in [-0.1, -0.05) is 32.9 Å². The number of alkyl halides is 1. The maximum atomic E-state index is 11.1. The number of phenolic OH excluding ortho intramolecular Hbond substituents is 1. The summed E-state index contributed by atoms with van der Waals surface area (Å²) in [5.41, 5.74) is 0.671. The van der Waals surface area contributed by atoms with Crippen molar-refractivity contribution in [3.05, 3.63) is 57.4 Å². The molecule has 1 aromatic carbocycles. The van der Waals surface area contributed by atoms with Crippen LogP contribution in [0.2, 0.25) is 0 Å². The molecule has 1 aromatic rings. The van der Waals surface area contributed by atoms with E-state index >= 15 is 0 Å². The highest BCUT2D eigenvalue weighted by Crippen LogP contribution is 2.38. The molecular weight excluding hydrogens is 330 g/mol. The first-order chi connectivity index (χ1) is 11.0. The number of phenols is 1. The number of aromatic hydroxyl groups is 1. The van der Waals surface area contributed by atoms with E-state index in [2.05, 4.69) is 10.2 Å². The minimum Gasteiger partial charge on any atom is -0.505 e. The van der Waals surface area contributed by atoms with Gasteiger partial charge in [0.2, 0.25) is 0 Å². The Hall–Kier alpha value is -2.21. The first-order valence-corrected chi connectivity index (χ1v) is 7.90. The summed E-state index contributed by atoms with van der Waals surface area (Å²) in [4.78, 5) is 9.88. The average Bonchev–Trinajstić information content (AvgIpc) is 2.43. The monoisotopic (exact) mass is 349 g/mol. The van der Waals surface area contributed by atoms with E-state index in [4.69, 9.17) is 11.6 Å². The van der Waals surface area contributed by atoms with Crippen LogP contribution in [0.3, 0.4) is 0 Å². The Morgan fingerprint density at radius 1 is 1.33 bits per heavy atom. The molecule has 0 aromatic heterocycles. The normalized spacial score (nSPS) is 21.5. The summed E-state index contributed by atoms with van der Waals surface area (Å²) in [5.74, 6) is 0.0189. The van der Waals surface area contributed by atoms with Crippen molar-refractivity contribution in [2.45, 2.75) is 44.4 Å². The van der Waals surface area contributed by atoms with E-state index in [1.807, 2.05) is 26.8 Å². The quantitative estimate of drug-likeness (QED) is 0.351. The predicted octanol–water partition coefficient (Wildman–Crippen LogP) is 5.22. The summed E-state index contributed by atoms with van der Waals surface area (Å²) in [6, 6.07) is 5.18. The molecule has 0 amide bonds. The number of allylic oxidation sites excluding steroid dienone is 2. The minimum atomic E-state index is -0.747. The Kier molecular flexibility index (Phi) is 4.80. The standard InChI is InChI=1S/C17H20ClN3O3/c1-16(2,3)11-6-5-7-12(15(11)22)19-20-13-10-17(4,18)9-8-14(13)21(23)24/h5-8,10,22H,9H2,1-4H3. The fourth-order valence-corrected chi connectivity index (χ4v) is 2.57. The molecule has 6 nitrogen and oxygen atoms in total. The van der Waals surface area contributed by atoms with Gasteiger partial charge in [-0.25, -0.2) is 0 Å². The van der Waals surface area contributed by atoms with Crippen LogP contribution in [0.4, 0.5) is 5.69 Å². The Morgan fingerprint density at radius 3 is 2.58 bits per heavy atom. The van der Waals surface area contributed by atoms with Crippen molar-refractivity contribution >= 4 is 17.3 Å². The van der Waals surface area contributed by atoms with E-state index in [-0.39, 0.29) is 28.2 Å². The van der Waals surface area contributed by atoms with Gasteiger partial charge < -0.3 is 5.11 Å². The van der Waals surface area contributed by atoms with Gasteiger partial charge in [-0.2, -0.15) is 0 Å². The molecule has 1 aliphatic rings. The van der Waals surface area contributed by atoms with Crippen molar-refractivity contribution in [3.63, 3.8) is 0 Å². The lowest BCUT2D eigenvalue weighted by Gasteiger charge is -2.21. The number of nitrogens with zero attached hydrogens (tertiary/aromatic N) is 3. The minimum absolute atomic E-state index is 0.0189. The van der Waals surface area contributed by atoms with Crippen LogP contribution in [-0.4, -0.2) is 14.9 Å². The van der Waals surface area contributed by atoms with Crippen molar-refractivity contribution in [2.75, 3.05) is 0 Å². The predicted molar refractivity (Wildman–Crippen MR) is 93.4 cm³/mol. The lowest BCUT2D eigenvalue weighted by atomic mass is 9.86. The molecule has 0 radical (unpaired) electrons. The molecule has 1 unspecified atom stereocenters. The molecule has 0 saturated heterocycles. The molecule has 24 heavy (non-hydrogen) atoms. The van der Waals surface area contributed by atoms with Crippen molar-refractivity contribution in [2.24, 2.45) is 10.2 Å². The lowest BCUT2D eigenvalue weighted by Crippen LogP contribution is -2.18. The Labute approximate surface area is 145 Å². The summed E-state index contributed by atoms with van der Waals surface area (Å²) in [6.45, 7) is 7.66. The molecule has 128 valence electrons. The van der Waals surface area contributed by atoms with Crippen LogP contribution >= 0.6 is 11.6 Å². The second kappa shape index (κ2) is 6.36. The van der Waals surface area contributed by atoms with E-state index in [0.29, 0.717) is 6.42 Å². The van der Waals surface area contributed by atoms with Crippen LogP contribution in [-0.2, 0) is 5.41 Å². The second-order valence-corrected chi connectivity index (χ2v) is 7.85. The highest BCUT2D eigenvalue weighted by atomic mass is 35.5. The highest BCUT2D eigenvalue weighted by Gasteiger charge is 2.30. The van der Waals surface area contributed by atoms with Crippen molar-refractivity contribution in [1.29, 1.82) is 0 Å². The van der Waals surface area contributed by atoms with Gasteiger partial charge >= 0.3 is 0 Å². The third-order valence-electron chi connectivity index (χ3n) is 3.68. The molecule has 1 aliphatic carbocycles. The number of hydrogen-bond acceptors (Lipinski definition) is 5. The second-order valence-electron chi connectivity index (χ2n) is 6.98. The fraction of sp³-hybridized carbons (Fsp3) is 0.412. The topological polar surface area (TPSA) is 88.1 Å². The van der Waals surface area contributed by atoms with Crippen LogP contribution in [0.5, 0.6) is 5.75 Å². The van der Waals surface area contributed by atoms with Crippen molar-refractivity contribution < 1.29 is 10.0 Å². The Morgan fingerprint density at radius 2 is 2.00 bits per heavy atom. The fourth-order valence-electron chi connectivity index (χ4n) is 2.39. The summed E-state index contributed by atoms with van der Waals surface area (Å²) in [5, 5.41) is 29.5. The number of benzene rings is 1. The first-order valence-electron chi connectivity index (χ1n) is 7.52. The highest BCUT2D eigenvalue weighted by molar-refractivity contribution is 6.25. The van der Waals surface area contributed by atoms with Gasteiger partial charge in [0.05, 0.1) is 9.80 Å². The molecule has 0 spiro atoms. The van der Waals surface area contributed by atoms with Gasteiger partial charge in [-0.15, -0.1) is 21.8 Å². The summed E-state index contributed by atoms with van der Waals surface area (Å²) < 4.78 is 0. The van der Waals surface area contributed by atoms with E-state index in [1.165, 1.54) is 12.2 Å². The van der Waals surface area contributed by atoms with Gasteiger partial charge in [0.1, 0.15) is 11.4 Å². The lowest BCUT2D eigenvalue weighted by molar-refractivity contribution is -0.421. The van der Waals surface area contributed by atoms with E-state index in [9.17, 15) is 15.2 Å². The van der Waals surface area contributed by atoms with E-state index in [0.717, 1.165) is 5.56 Å². The van der Waals surface area contributed by atoms with Crippen LogP contribution in [0.1, 0.15) is 39.7 Å². The largest absolute Gasteiger partial charge is 0.505 e. The molecule has 2 rings (SSSR count). The molecule has 1 atom stereocenters. The molecule has 0 heterocycles. The molecule has 0 bridgehead atoms. The SMILES string of the molecule is CC1(Cl)C=C(N=Nc2cccc(C(C)(C)C)c2O)C([N+](=O)[O-])=CC1. The molecule has 7 heteroatoms. The number of halogens is 1. The number of azo groups is 1. The molecule has 0 fully saturated rings. The van der Waals surface area contributed by atoms with Crippen LogP contribution in [0.25, 0.3) is 0 Å². The number of hydrogen-bond donors (Lipinski definition) is 1. The third-order valence-corrected chi connectivity index (χ3v) is 3.94. The van der Waals surface area contributed by atoms with Gasteiger partial charge in [0.25, 0.3) is 5.70 Å². The van der Waals surface area contributed by atoms with Crippen molar-refractivity contribution in [3.8, 4) is 5.75 Å². The van der Waals surface area contributed by atoms with Gasteiger partial charge in [0.15, 0.2) is 5.70 Å². The maximum absolute atomic E-state index is 11.1.